The van der Waals surface area contributed by atoms with Crippen LogP contribution in [0, 0.1) is 12.4 Å². The Kier molecular flexibility index (Phi) is 6.80. The monoisotopic (exact) mass is 412 g/mol. The van der Waals surface area contributed by atoms with Crippen LogP contribution < -0.4 is 0 Å². The molecule has 0 bridgehead atoms. The molecule has 2 atom stereocenters. The lowest BCUT2D eigenvalue weighted by atomic mass is 9.78. The molecule has 0 saturated heterocycles. The van der Waals surface area contributed by atoms with Gasteiger partial charge in [-0.2, -0.15) is 13.2 Å². The smallest absolute Gasteiger partial charge is 0.416 e. The van der Waals surface area contributed by atoms with E-state index in [1.165, 1.54) is 14.0 Å². The standard InChI is InChI=1S/C20H20F4N2O3/c1-10(2)29-19(27)17-15(9-28-5)26-11(3)18(25-4)16(17)13-7-6-12(21)8-14(13)20(22,23)24/h6-8,10,16,18H,9H2,1-3,5H3. The minimum absolute atomic E-state index is 0.0815. The predicted molar refractivity (Wildman–Crippen MR) is 97.8 cm³/mol. The summed E-state index contributed by atoms with van der Waals surface area (Å²) in [4.78, 5) is 20.4. The summed E-state index contributed by atoms with van der Waals surface area (Å²) in [6, 6.07) is 0.997. The van der Waals surface area contributed by atoms with Crippen LogP contribution in [-0.2, 0) is 20.4 Å². The number of halogens is 4. The van der Waals surface area contributed by atoms with Crippen molar-refractivity contribution in [2.45, 2.75) is 45.0 Å². The summed E-state index contributed by atoms with van der Waals surface area (Å²) in [6.07, 6.45) is -5.44. The van der Waals surface area contributed by atoms with Gasteiger partial charge in [0.1, 0.15) is 5.82 Å². The molecule has 0 aromatic heterocycles. The van der Waals surface area contributed by atoms with Gasteiger partial charge in [-0.05, 0) is 38.5 Å². The van der Waals surface area contributed by atoms with E-state index in [1.54, 1.807) is 13.8 Å². The zero-order chi connectivity index (χ0) is 21.9. The normalized spacial score (nSPS) is 19.8. The molecule has 0 aliphatic carbocycles. The van der Waals surface area contributed by atoms with Gasteiger partial charge in [-0.25, -0.2) is 15.8 Å². The molecule has 0 spiro atoms. The Morgan fingerprint density at radius 2 is 2.00 bits per heavy atom. The summed E-state index contributed by atoms with van der Waals surface area (Å²) >= 11 is 0. The van der Waals surface area contributed by atoms with Gasteiger partial charge in [0.2, 0.25) is 0 Å². The third-order valence-electron chi connectivity index (χ3n) is 4.32. The van der Waals surface area contributed by atoms with Gasteiger partial charge < -0.3 is 14.3 Å². The number of nitrogens with zero attached hydrogens (tertiary/aromatic N) is 2. The average Bonchev–Trinajstić information content (AvgIpc) is 2.60. The molecular formula is C20H20F4N2O3. The second-order valence-corrected chi connectivity index (χ2v) is 6.78. The summed E-state index contributed by atoms with van der Waals surface area (Å²) in [6.45, 7) is 12.0. The van der Waals surface area contributed by atoms with Crippen LogP contribution in [0.5, 0.6) is 0 Å². The molecule has 1 aromatic carbocycles. The van der Waals surface area contributed by atoms with E-state index in [2.05, 4.69) is 9.84 Å². The zero-order valence-electron chi connectivity index (χ0n) is 16.3. The molecule has 29 heavy (non-hydrogen) atoms. The highest BCUT2D eigenvalue weighted by atomic mass is 19.4. The van der Waals surface area contributed by atoms with E-state index < -0.39 is 47.2 Å². The molecular weight excluding hydrogens is 392 g/mol. The molecule has 0 radical (unpaired) electrons. The van der Waals surface area contributed by atoms with Crippen molar-refractivity contribution in [1.82, 2.24) is 0 Å². The summed E-state index contributed by atoms with van der Waals surface area (Å²) < 4.78 is 64.9. The Bertz CT molecular complexity index is 898. The molecule has 2 rings (SSSR count). The molecule has 0 N–H and O–H groups in total. The van der Waals surface area contributed by atoms with Crippen molar-refractivity contribution in [2.75, 3.05) is 13.7 Å². The third kappa shape index (κ3) is 4.82. The molecule has 9 heteroatoms. The predicted octanol–water partition coefficient (Wildman–Crippen LogP) is 4.54. The zero-order valence-corrected chi connectivity index (χ0v) is 16.3. The largest absolute Gasteiger partial charge is 0.460 e. The number of hydrogen-bond donors (Lipinski definition) is 0. The van der Waals surface area contributed by atoms with Crippen LogP contribution >= 0.6 is 0 Å². The summed E-state index contributed by atoms with van der Waals surface area (Å²) in [5.74, 6) is -3.30. The Labute approximate surface area is 165 Å². The minimum atomic E-state index is -4.89. The van der Waals surface area contributed by atoms with Crippen molar-refractivity contribution >= 4 is 11.7 Å². The highest BCUT2D eigenvalue weighted by Gasteiger charge is 2.47. The second-order valence-electron chi connectivity index (χ2n) is 6.78. The maximum atomic E-state index is 13.7. The number of carbonyl (C=O) groups is 1. The first-order chi connectivity index (χ1) is 13.5. The lowest BCUT2D eigenvalue weighted by molar-refractivity contribution is -0.144. The molecule has 1 aliphatic rings. The maximum Gasteiger partial charge on any atom is 0.416 e. The fraction of sp³-hybridized carbons (Fsp3) is 0.450. The molecule has 0 amide bonds. The summed E-state index contributed by atoms with van der Waals surface area (Å²) in [5.41, 5.74) is -1.52. The molecule has 2 unspecified atom stereocenters. The van der Waals surface area contributed by atoms with Gasteiger partial charge in [-0.3, -0.25) is 4.99 Å². The molecule has 0 saturated carbocycles. The highest BCUT2D eigenvalue weighted by molar-refractivity contribution is 6.00. The molecule has 1 aliphatic heterocycles. The quantitative estimate of drug-likeness (QED) is 0.405. The van der Waals surface area contributed by atoms with Gasteiger partial charge in [0.25, 0.3) is 6.04 Å². The van der Waals surface area contributed by atoms with Gasteiger partial charge in [0.05, 0.1) is 41.2 Å². The average molecular weight is 412 g/mol. The van der Waals surface area contributed by atoms with Crippen molar-refractivity contribution in [3.05, 3.63) is 57.8 Å². The van der Waals surface area contributed by atoms with Gasteiger partial charge in [0, 0.05) is 7.11 Å². The second kappa shape index (κ2) is 8.74. The maximum absolute atomic E-state index is 13.7. The van der Waals surface area contributed by atoms with Gasteiger partial charge in [-0.15, -0.1) is 0 Å². The van der Waals surface area contributed by atoms with Gasteiger partial charge in [0.15, 0.2) is 0 Å². The number of hydrogen-bond acceptors (Lipinski definition) is 4. The molecule has 1 heterocycles. The summed E-state index contributed by atoms with van der Waals surface area (Å²) in [7, 11) is 1.35. The number of benzene rings is 1. The first-order valence-electron chi connectivity index (χ1n) is 8.72. The lowest BCUT2D eigenvalue weighted by Gasteiger charge is -2.29. The van der Waals surface area contributed by atoms with Crippen LogP contribution in [0.1, 0.15) is 37.8 Å². The van der Waals surface area contributed by atoms with Crippen LogP contribution in [0.25, 0.3) is 4.85 Å². The van der Waals surface area contributed by atoms with Crippen LogP contribution in [0.15, 0.2) is 34.5 Å². The van der Waals surface area contributed by atoms with E-state index >= 15 is 0 Å². The number of ether oxygens (including phenoxy) is 2. The van der Waals surface area contributed by atoms with E-state index in [0.29, 0.717) is 6.07 Å². The van der Waals surface area contributed by atoms with E-state index in [4.69, 9.17) is 16.0 Å². The minimum Gasteiger partial charge on any atom is -0.460 e. The van der Waals surface area contributed by atoms with Crippen molar-refractivity contribution < 1.29 is 31.8 Å². The highest BCUT2D eigenvalue weighted by Crippen LogP contribution is 2.43. The van der Waals surface area contributed by atoms with Crippen LogP contribution in [0.4, 0.5) is 17.6 Å². The van der Waals surface area contributed by atoms with Crippen LogP contribution in [-0.4, -0.2) is 37.5 Å². The van der Waals surface area contributed by atoms with E-state index in [-0.39, 0.29) is 23.6 Å². The van der Waals surface area contributed by atoms with Crippen molar-refractivity contribution in [1.29, 1.82) is 0 Å². The number of carbonyl (C=O) groups excluding carboxylic acids is 1. The fourth-order valence-electron chi connectivity index (χ4n) is 3.23. The third-order valence-corrected chi connectivity index (χ3v) is 4.32. The van der Waals surface area contributed by atoms with Crippen molar-refractivity contribution in [3.63, 3.8) is 0 Å². The lowest BCUT2D eigenvalue weighted by Crippen LogP contribution is -2.35. The van der Waals surface area contributed by atoms with Crippen LogP contribution in [0.3, 0.4) is 0 Å². The first kappa shape index (κ1) is 22.6. The number of alkyl halides is 3. The topological polar surface area (TPSA) is 52.2 Å². The molecule has 0 fully saturated rings. The van der Waals surface area contributed by atoms with E-state index in [0.717, 1.165) is 12.1 Å². The Hall–Kier alpha value is -2.73. The number of rotatable bonds is 5. The molecule has 5 nitrogen and oxygen atoms in total. The van der Waals surface area contributed by atoms with E-state index in [9.17, 15) is 22.4 Å². The van der Waals surface area contributed by atoms with Gasteiger partial charge in [-0.1, -0.05) is 6.07 Å². The van der Waals surface area contributed by atoms with Gasteiger partial charge >= 0.3 is 12.1 Å². The Balaban J connectivity index is 2.82. The number of esters is 1. The number of methoxy groups -OCH3 is 1. The van der Waals surface area contributed by atoms with Crippen LogP contribution in [0.2, 0.25) is 0 Å². The van der Waals surface area contributed by atoms with Crippen molar-refractivity contribution in [2.24, 2.45) is 4.99 Å². The Morgan fingerprint density at radius 1 is 1.34 bits per heavy atom. The molecule has 1 aromatic rings. The first-order valence-corrected chi connectivity index (χ1v) is 8.72. The molecule has 156 valence electrons. The number of aliphatic imine (C=N–C) groups is 1. The van der Waals surface area contributed by atoms with Crippen molar-refractivity contribution in [3.8, 4) is 0 Å². The SMILES string of the molecule is [C-]#[N+]C1C(C)=NC(COC)=C(C(=O)OC(C)C)C1c1ccc(F)cc1C(F)(F)F. The van der Waals surface area contributed by atoms with E-state index in [1.807, 2.05) is 0 Å². The Morgan fingerprint density at radius 3 is 2.52 bits per heavy atom. The fourth-order valence-corrected chi connectivity index (χ4v) is 3.23. The summed E-state index contributed by atoms with van der Waals surface area (Å²) in [5, 5.41) is 0.